The normalized spacial score (nSPS) is 11.2. The van der Waals surface area contributed by atoms with E-state index in [0.29, 0.717) is 0 Å². The number of nitrogens with two attached hydrogens (primary N) is 1. The fourth-order valence-corrected chi connectivity index (χ4v) is 2.92. The van der Waals surface area contributed by atoms with E-state index < -0.39 is 5.91 Å². The number of H-pyrrole nitrogens is 1. The van der Waals surface area contributed by atoms with Crippen LogP contribution in [0.3, 0.4) is 0 Å². The summed E-state index contributed by atoms with van der Waals surface area (Å²) in [5.41, 5.74) is 11.0. The number of benzene rings is 1. The van der Waals surface area contributed by atoms with E-state index in [1.807, 2.05) is 55.0 Å². The summed E-state index contributed by atoms with van der Waals surface area (Å²) in [4.78, 5) is 22.9. The van der Waals surface area contributed by atoms with Crippen LogP contribution in [0, 0.1) is 0 Å². The molecule has 5 heteroatoms. The van der Waals surface area contributed by atoms with Crippen molar-refractivity contribution in [1.82, 2.24) is 15.0 Å². The van der Waals surface area contributed by atoms with Gasteiger partial charge in [0.2, 0.25) is 5.91 Å². The first-order valence-electron chi connectivity index (χ1n) is 8.16. The molecule has 3 aromatic heterocycles. The molecule has 1 aromatic carbocycles. The molecule has 0 saturated heterocycles. The number of pyridine rings is 2. The molecule has 0 radical (unpaired) electrons. The average molecular weight is 340 g/mol. The van der Waals surface area contributed by atoms with Gasteiger partial charge in [-0.2, -0.15) is 0 Å². The number of carbonyl (C=O) groups excluding carboxylic acids is 1. The Balaban J connectivity index is 1.78. The van der Waals surface area contributed by atoms with E-state index in [2.05, 4.69) is 21.0 Å². The summed E-state index contributed by atoms with van der Waals surface area (Å²) in [7, 11) is 0. The van der Waals surface area contributed by atoms with Crippen LogP contribution < -0.4 is 5.73 Å². The van der Waals surface area contributed by atoms with Crippen molar-refractivity contribution in [2.45, 2.75) is 0 Å². The minimum Gasteiger partial charge on any atom is -0.366 e. The monoisotopic (exact) mass is 340 g/mol. The second kappa shape index (κ2) is 6.64. The third kappa shape index (κ3) is 3.10. The number of aromatic nitrogens is 3. The summed E-state index contributed by atoms with van der Waals surface area (Å²) < 4.78 is 0. The van der Waals surface area contributed by atoms with Crippen molar-refractivity contribution in [2.75, 3.05) is 0 Å². The smallest absolute Gasteiger partial charge is 0.241 e. The lowest BCUT2D eigenvalue weighted by molar-refractivity contribution is -0.113. The molecule has 0 spiro atoms. The van der Waals surface area contributed by atoms with Crippen LogP contribution in [0.4, 0.5) is 0 Å². The van der Waals surface area contributed by atoms with Gasteiger partial charge in [0.15, 0.2) is 0 Å². The number of aromatic amines is 1. The lowest BCUT2D eigenvalue weighted by Crippen LogP contribution is -2.05. The van der Waals surface area contributed by atoms with Gasteiger partial charge in [0.25, 0.3) is 0 Å². The molecule has 3 heterocycles. The molecule has 0 bridgehead atoms. The summed E-state index contributed by atoms with van der Waals surface area (Å²) in [6, 6.07) is 13.9. The number of fused-ring (bicyclic) bond motifs is 1. The van der Waals surface area contributed by atoms with Crippen molar-refractivity contribution in [3.8, 4) is 22.3 Å². The molecule has 26 heavy (non-hydrogen) atoms. The van der Waals surface area contributed by atoms with Gasteiger partial charge in [0.1, 0.15) is 5.65 Å². The van der Waals surface area contributed by atoms with E-state index in [1.165, 1.54) is 6.08 Å². The van der Waals surface area contributed by atoms with Crippen LogP contribution in [0.25, 0.3) is 39.4 Å². The van der Waals surface area contributed by atoms with Gasteiger partial charge in [0.05, 0.1) is 0 Å². The van der Waals surface area contributed by atoms with Crippen LogP contribution in [0.15, 0.2) is 73.3 Å². The van der Waals surface area contributed by atoms with E-state index in [9.17, 15) is 4.79 Å². The highest BCUT2D eigenvalue weighted by Crippen LogP contribution is 2.30. The Bertz CT molecular complexity index is 1110. The zero-order chi connectivity index (χ0) is 17.9. The molecule has 0 fully saturated rings. The third-order valence-electron chi connectivity index (χ3n) is 4.16. The van der Waals surface area contributed by atoms with E-state index in [0.717, 1.165) is 38.9 Å². The number of hydrogen-bond donors (Lipinski definition) is 2. The van der Waals surface area contributed by atoms with Crippen LogP contribution in [0.1, 0.15) is 5.56 Å². The second-order valence-electron chi connectivity index (χ2n) is 5.93. The van der Waals surface area contributed by atoms with Crippen molar-refractivity contribution in [3.05, 3.63) is 78.9 Å². The number of carbonyl (C=O) groups is 1. The first-order valence-corrected chi connectivity index (χ1v) is 8.16. The molecular weight excluding hydrogens is 324 g/mol. The van der Waals surface area contributed by atoms with Gasteiger partial charge < -0.3 is 10.7 Å². The molecule has 0 aliphatic carbocycles. The zero-order valence-electron chi connectivity index (χ0n) is 13.9. The Morgan fingerprint density at radius 3 is 2.73 bits per heavy atom. The number of rotatable bonds is 4. The molecule has 4 aromatic rings. The quantitative estimate of drug-likeness (QED) is 0.554. The van der Waals surface area contributed by atoms with E-state index in [4.69, 9.17) is 5.73 Å². The summed E-state index contributed by atoms with van der Waals surface area (Å²) >= 11 is 0. The highest BCUT2D eigenvalue weighted by atomic mass is 16.1. The molecular formula is C21H16N4O. The fourth-order valence-electron chi connectivity index (χ4n) is 2.92. The zero-order valence-corrected chi connectivity index (χ0v) is 13.9. The Morgan fingerprint density at radius 1 is 1.04 bits per heavy atom. The largest absolute Gasteiger partial charge is 0.366 e. The predicted molar refractivity (Wildman–Crippen MR) is 103 cm³/mol. The molecule has 0 unspecified atom stereocenters. The summed E-state index contributed by atoms with van der Waals surface area (Å²) in [6.45, 7) is 0. The van der Waals surface area contributed by atoms with Crippen LogP contribution >= 0.6 is 0 Å². The van der Waals surface area contributed by atoms with Gasteiger partial charge in [-0.05, 0) is 35.4 Å². The van der Waals surface area contributed by atoms with Crippen molar-refractivity contribution < 1.29 is 4.79 Å². The average Bonchev–Trinajstić information content (AvgIpc) is 3.10. The molecule has 126 valence electrons. The molecule has 0 aliphatic rings. The molecule has 0 atom stereocenters. The van der Waals surface area contributed by atoms with Crippen molar-refractivity contribution in [3.63, 3.8) is 0 Å². The van der Waals surface area contributed by atoms with Crippen LogP contribution in [0.2, 0.25) is 0 Å². The van der Waals surface area contributed by atoms with Gasteiger partial charge in [-0.3, -0.25) is 9.78 Å². The minimum absolute atomic E-state index is 0.466. The van der Waals surface area contributed by atoms with E-state index >= 15 is 0 Å². The lowest BCUT2D eigenvalue weighted by Gasteiger charge is -2.04. The highest BCUT2D eigenvalue weighted by molar-refractivity contribution is 5.95. The van der Waals surface area contributed by atoms with Gasteiger partial charge in [-0.1, -0.05) is 24.3 Å². The lowest BCUT2D eigenvalue weighted by atomic mass is 10.0. The van der Waals surface area contributed by atoms with Gasteiger partial charge in [-0.15, -0.1) is 0 Å². The summed E-state index contributed by atoms with van der Waals surface area (Å²) in [5.74, 6) is -0.466. The standard InChI is InChI=1S/C21H16N4O/c22-20(26)7-6-14-3-1-4-15(9-14)17-10-18-19(13-25-21(18)24-12-17)16-5-2-8-23-11-16/h1-13H,(H2,22,26)(H,24,25). The Hall–Kier alpha value is -3.73. The maximum atomic E-state index is 10.9. The number of hydrogen-bond acceptors (Lipinski definition) is 3. The highest BCUT2D eigenvalue weighted by Gasteiger charge is 2.09. The number of amides is 1. The summed E-state index contributed by atoms with van der Waals surface area (Å²) in [5, 5.41) is 1.04. The third-order valence-corrected chi connectivity index (χ3v) is 4.16. The molecule has 0 saturated carbocycles. The molecule has 3 N–H and O–H groups in total. The first-order chi connectivity index (χ1) is 12.7. The van der Waals surface area contributed by atoms with Crippen LogP contribution in [0.5, 0.6) is 0 Å². The molecule has 4 rings (SSSR count). The Morgan fingerprint density at radius 2 is 1.92 bits per heavy atom. The predicted octanol–water partition coefficient (Wildman–Crippen LogP) is 3.79. The number of nitrogens with one attached hydrogen (secondary N) is 1. The van der Waals surface area contributed by atoms with E-state index in [-0.39, 0.29) is 0 Å². The SMILES string of the molecule is NC(=O)C=Cc1cccc(-c2cnc3[nH]cc(-c4cccnc4)c3c2)c1. The number of nitrogens with zero attached hydrogens (tertiary/aromatic N) is 2. The number of primary amides is 1. The Kier molecular flexibility index (Phi) is 4.03. The summed E-state index contributed by atoms with van der Waals surface area (Å²) in [6.07, 6.45) is 10.4. The Labute approximate surface area is 150 Å². The molecule has 5 nitrogen and oxygen atoms in total. The van der Waals surface area contributed by atoms with Crippen LogP contribution in [-0.2, 0) is 4.79 Å². The fraction of sp³-hybridized carbons (Fsp3) is 0. The van der Waals surface area contributed by atoms with Gasteiger partial charge in [-0.25, -0.2) is 4.98 Å². The maximum absolute atomic E-state index is 10.9. The van der Waals surface area contributed by atoms with E-state index in [1.54, 1.807) is 12.3 Å². The maximum Gasteiger partial charge on any atom is 0.241 e. The minimum atomic E-state index is -0.466. The van der Waals surface area contributed by atoms with Gasteiger partial charge in [0, 0.05) is 52.9 Å². The van der Waals surface area contributed by atoms with Crippen molar-refractivity contribution in [2.24, 2.45) is 5.73 Å². The molecule has 1 amide bonds. The van der Waals surface area contributed by atoms with Crippen LogP contribution in [-0.4, -0.2) is 20.9 Å². The molecule has 0 aliphatic heterocycles. The first kappa shape index (κ1) is 15.8. The topological polar surface area (TPSA) is 84.7 Å². The van der Waals surface area contributed by atoms with Crippen molar-refractivity contribution >= 4 is 23.0 Å². The van der Waals surface area contributed by atoms with Gasteiger partial charge >= 0.3 is 0 Å². The second-order valence-corrected chi connectivity index (χ2v) is 5.93. The van der Waals surface area contributed by atoms with Crippen molar-refractivity contribution in [1.29, 1.82) is 0 Å².